The van der Waals surface area contributed by atoms with Crippen molar-refractivity contribution in [2.45, 2.75) is 25.4 Å². The number of imide groups is 1. The number of hydrogen-bond donors (Lipinski definition) is 2. The minimum Gasteiger partial charge on any atom is -0.492 e. The molecule has 0 spiro atoms. The highest BCUT2D eigenvalue weighted by molar-refractivity contribution is 6.10. The second kappa shape index (κ2) is 9.51. The first-order valence-corrected chi connectivity index (χ1v) is 10.6. The van der Waals surface area contributed by atoms with Crippen molar-refractivity contribution in [2.75, 3.05) is 18.5 Å². The zero-order valence-corrected chi connectivity index (χ0v) is 18.1. The van der Waals surface area contributed by atoms with Gasteiger partial charge in [-0.3, -0.25) is 14.5 Å². The van der Waals surface area contributed by atoms with Gasteiger partial charge in [0.05, 0.1) is 6.54 Å². The molecule has 1 aromatic heterocycles. The first kappa shape index (κ1) is 22.0. The average Bonchev–Trinajstić information content (AvgIpc) is 3.42. The summed E-state index contributed by atoms with van der Waals surface area (Å²) in [5.74, 6) is -0.364. The predicted octanol–water partition coefficient (Wildman–Crippen LogP) is 2.15. The Hall–Kier alpha value is -4.21. The van der Waals surface area contributed by atoms with E-state index in [1.807, 2.05) is 25.1 Å². The number of hydrogen-bond acceptors (Lipinski definition) is 6. The van der Waals surface area contributed by atoms with Crippen molar-refractivity contribution in [3.8, 4) is 5.75 Å². The van der Waals surface area contributed by atoms with E-state index in [0.29, 0.717) is 36.6 Å². The fourth-order valence-corrected chi connectivity index (χ4v) is 3.74. The molecule has 1 saturated heterocycles. The number of ether oxygens (including phenoxy) is 1. The van der Waals surface area contributed by atoms with Crippen molar-refractivity contribution in [1.29, 1.82) is 0 Å². The Morgan fingerprint density at radius 2 is 1.97 bits per heavy atom. The van der Waals surface area contributed by atoms with Crippen molar-refractivity contribution in [2.24, 2.45) is 0 Å². The molecule has 1 fully saturated rings. The lowest BCUT2D eigenvalue weighted by Crippen LogP contribution is -2.44. The Bertz CT molecular complexity index is 1130. The van der Waals surface area contributed by atoms with Gasteiger partial charge in [-0.25, -0.2) is 14.5 Å². The Morgan fingerprint density at radius 3 is 2.70 bits per heavy atom. The number of urea groups is 1. The lowest BCUT2D eigenvalue weighted by atomic mass is 9.87. The first-order chi connectivity index (χ1) is 16.0. The molecule has 1 atom stereocenters. The van der Waals surface area contributed by atoms with E-state index >= 15 is 0 Å². The molecule has 33 heavy (non-hydrogen) atoms. The SMILES string of the molecule is CC[C@]1(c2ccccc2)NC(=O)N(CC(=O)Nc2cccc(OCCn3cncn3)c2)C1=O. The highest BCUT2D eigenvalue weighted by Crippen LogP contribution is 2.32. The minimum absolute atomic E-state index is 0.369. The fourth-order valence-electron chi connectivity index (χ4n) is 3.74. The van der Waals surface area contributed by atoms with E-state index in [-0.39, 0.29) is 0 Å². The van der Waals surface area contributed by atoms with Crippen LogP contribution in [-0.2, 0) is 21.7 Å². The number of benzene rings is 2. The van der Waals surface area contributed by atoms with Gasteiger partial charge in [0, 0.05) is 11.8 Å². The lowest BCUT2D eigenvalue weighted by Gasteiger charge is -2.25. The minimum atomic E-state index is -1.17. The van der Waals surface area contributed by atoms with Crippen LogP contribution < -0.4 is 15.4 Å². The van der Waals surface area contributed by atoms with Crippen LogP contribution in [-0.4, -0.2) is 50.7 Å². The monoisotopic (exact) mass is 448 g/mol. The molecule has 2 heterocycles. The van der Waals surface area contributed by atoms with Gasteiger partial charge in [0.25, 0.3) is 5.91 Å². The van der Waals surface area contributed by atoms with Crippen LogP contribution in [0, 0.1) is 0 Å². The summed E-state index contributed by atoms with van der Waals surface area (Å²) < 4.78 is 7.34. The van der Waals surface area contributed by atoms with Crippen molar-refractivity contribution in [1.82, 2.24) is 25.0 Å². The second-order valence-corrected chi connectivity index (χ2v) is 7.53. The molecule has 1 aliphatic heterocycles. The molecule has 10 nitrogen and oxygen atoms in total. The van der Waals surface area contributed by atoms with Crippen LogP contribution in [0.5, 0.6) is 5.75 Å². The molecule has 3 aromatic rings. The van der Waals surface area contributed by atoms with Crippen LogP contribution in [0.3, 0.4) is 0 Å². The molecule has 0 saturated carbocycles. The molecule has 1 aliphatic rings. The van der Waals surface area contributed by atoms with Gasteiger partial charge in [0.15, 0.2) is 0 Å². The smallest absolute Gasteiger partial charge is 0.325 e. The van der Waals surface area contributed by atoms with Crippen molar-refractivity contribution in [3.05, 3.63) is 72.8 Å². The van der Waals surface area contributed by atoms with Crippen LogP contribution in [0.15, 0.2) is 67.3 Å². The van der Waals surface area contributed by atoms with Crippen LogP contribution in [0.4, 0.5) is 10.5 Å². The molecule has 2 aromatic carbocycles. The van der Waals surface area contributed by atoms with Gasteiger partial charge in [-0.05, 0) is 24.1 Å². The van der Waals surface area contributed by atoms with Gasteiger partial charge < -0.3 is 15.4 Å². The van der Waals surface area contributed by atoms with E-state index in [2.05, 4.69) is 20.7 Å². The summed E-state index contributed by atoms with van der Waals surface area (Å²) in [6.07, 6.45) is 3.42. The second-order valence-electron chi connectivity index (χ2n) is 7.53. The van der Waals surface area contributed by atoms with Crippen molar-refractivity contribution in [3.63, 3.8) is 0 Å². The quantitative estimate of drug-likeness (QED) is 0.484. The summed E-state index contributed by atoms with van der Waals surface area (Å²) in [6.45, 7) is 2.34. The van der Waals surface area contributed by atoms with Crippen LogP contribution in [0.25, 0.3) is 0 Å². The van der Waals surface area contributed by atoms with Gasteiger partial charge >= 0.3 is 6.03 Å². The molecule has 0 radical (unpaired) electrons. The number of nitrogens with one attached hydrogen (secondary N) is 2. The highest BCUT2D eigenvalue weighted by atomic mass is 16.5. The predicted molar refractivity (Wildman–Crippen MR) is 119 cm³/mol. The average molecular weight is 448 g/mol. The molecule has 10 heteroatoms. The third-order valence-electron chi connectivity index (χ3n) is 5.45. The van der Waals surface area contributed by atoms with Gasteiger partial charge in [0.2, 0.25) is 5.91 Å². The summed E-state index contributed by atoms with van der Waals surface area (Å²) in [7, 11) is 0. The fraction of sp³-hybridized carbons (Fsp3) is 0.261. The lowest BCUT2D eigenvalue weighted by molar-refractivity contribution is -0.134. The van der Waals surface area contributed by atoms with E-state index in [0.717, 1.165) is 4.90 Å². The number of rotatable bonds is 9. The molecule has 0 bridgehead atoms. The summed E-state index contributed by atoms with van der Waals surface area (Å²) in [6, 6.07) is 15.3. The van der Waals surface area contributed by atoms with Gasteiger partial charge in [0.1, 0.15) is 37.1 Å². The van der Waals surface area contributed by atoms with E-state index in [9.17, 15) is 14.4 Å². The number of anilines is 1. The van der Waals surface area contributed by atoms with Crippen LogP contribution >= 0.6 is 0 Å². The maximum absolute atomic E-state index is 13.2. The van der Waals surface area contributed by atoms with Gasteiger partial charge in [-0.1, -0.05) is 43.3 Å². The van der Waals surface area contributed by atoms with E-state index in [4.69, 9.17) is 4.74 Å². The third-order valence-corrected chi connectivity index (χ3v) is 5.45. The molecule has 4 amide bonds. The molecular formula is C23H24N6O4. The molecule has 0 aliphatic carbocycles. The number of carbonyl (C=O) groups excluding carboxylic acids is 3. The first-order valence-electron chi connectivity index (χ1n) is 10.6. The van der Waals surface area contributed by atoms with Crippen molar-refractivity contribution >= 4 is 23.5 Å². The van der Waals surface area contributed by atoms with E-state index in [1.165, 1.54) is 6.33 Å². The van der Waals surface area contributed by atoms with Gasteiger partial charge in [-0.2, -0.15) is 5.10 Å². The maximum Gasteiger partial charge on any atom is 0.325 e. The third kappa shape index (κ3) is 4.69. The van der Waals surface area contributed by atoms with Crippen molar-refractivity contribution < 1.29 is 19.1 Å². The summed E-state index contributed by atoms with van der Waals surface area (Å²) >= 11 is 0. The van der Waals surface area contributed by atoms with Crippen LogP contribution in [0.2, 0.25) is 0 Å². The zero-order chi connectivity index (χ0) is 23.3. The molecule has 2 N–H and O–H groups in total. The number of nitrogens with zero attached hydrogens (tertiary/aromatic N) is 4. The Labute approximate surface area is 190 Å². The number of aromatic nitrogens is 3. The topological polar surface area (TPSA) is 118 Å². The van der Waals surface area contributed by atoms with Crippen LogP contribution in [0.1, 0.15) is 18.9 Å². The summed E-state index contributed by atoms with van der Waals surface area (Å²) in [5.41, 5.74) is 0.0100. The Balaban J connectivity index is 1.37. The molecular weight excluding hydrogens is 424 g/mol. The highest BCUT2D eigenvalue weighted by Gasteiger charge is 2.51. The molecule has 4 rings (SSSR count). The van der Waals surface area contributed by atoms with E-state index in [1.54, 1.807) is 47.4 Å². The standard InChI is InChI=1S/C23H24N6O4/c1-2-23(17-7-4-3-5-8-17)21(31)29(22(32)27-23)14-20(30)26-18-9-6-10-19(13-18)33-12-11-28-16-24-15-25-28/h3-10,13,15-16H,2,11-12,14H2,1H3,(H,26,30)(H,27,32)/t23-/m1/s1. The largest absolute Gasteiger partial charge is 0.492 e. The zero-order valence-electron chi connectivity index (χ0n) is 18.1. The number of amides is 4. The summed E-state index contributed by atoms with van der Waals surface area (Å²) in [4.78, 5) is 43.2. The Morgan fingerprint density at radius 1 is 1.15 bits per heavy atom. The molecule has 0 unspecified atom stereocenters. The van der Waals surface area contributed by atoms with Gasteiger partial charge in [-0.15, -0.1) is 0 Å². The normalized spacial score (nSPS) is 17.7. The maximum atomic E-state index is 13.2. The number of carbonyl (C=O) groups is 3. The molecule has 170 valence electrons. The van der Waals surface area contributed by atoms with E-state index < -0.39 is 29.9 Å². The Kier molecular flexibility index (Phi) is 6.34. The summed E-state index contributed by atoms with van der Waals surface area (Å²) in [5, 5.41) is 9.50.